The van der Waals surface area contributed by atoms with E-state index in [2.05, 4.69) is 16.7 Å². The topological polar surface area (TPSA) is 77.4 Å². The molecule has 0 aromatic heterocycles. The fourth-order valence-corrected chi connectivity index (χ4v) is 4.31. The van der Waals surface area contributed by atoms with E-state index in [0.29, 0.717) is 25.2 Å². The van der Waals surface area contributed by atoms with Gasteiger partial charge in [0, 0.05) is 44.2 Å². The van der Waals surface area contributed by atoms with Crippen molar-refractivity contribution in [3.8, 4) is 11.8 Å². The summed E-state index contributed by atoms with van der Waals surface area (Å²) in [4.78, 5) is 15.2. The molecule has 0 spiro atoms. The maximum Gasteiger partial charge on any atom is 0.227 e. The Hall–Kier alpha value is -2.10. The van der Waals surface area contributed by atoms with Crippen LogP contribution in [0.15, 0.2) is 12.1 Å². The highest BCUT2D eigenvalue weighted by molar-refractivity contribution is 5.81. The van der Waals surface area contributed by atoms with E-state index in [-0.39, 0.29) is 17.7 Å². The van der Waals surface area contributed by atoms with E-state index in [1.807, 2.05) is 24.1 Å². The summed E-state index contributed by atoms with van der Waals surface area (Å²) in [6.45, 7) is 3.70. The number of nitrogens with one attached hydrogen (secondary N) is 2. The fraction of sp³-hybridized carbons (Fsp3) is 0.600. The van der Waals surface area contributed by atoms with E-state index in [9.17, 15) is 10.1 Å². The number of rotatable bonds is 5. The molecule has 1 amide bonds. The third-order valence-corrected chi connectivity index (χ3v) is 5.58. The smallest absolute Gasteiger partial charge is 0.227 e. The van der Waals surface area contributed by atoms with Gasteiger partial charge in [-0.05, 0) is 44.0 Å². The summed E-state index contributed by atoms with van der Waals surface area (Å²) < 4.78 is 5.54. The highest BCUT2D eigenvalue weighted by atomic mass is 16.5. The lowest BCUT2D eigenvalue weighted by Crippen LogP contribution is -2.42. The highest BCUT2D eigenvalue weighted by Crippen LogP contribution is 2.38. The van der Waals surface area contributed by atoms with Crippen LogP contribution < -0.4 is 15.4 Å². The number of carbonyl (C=O) groups excluding carboxylic acids is 1. The van der Waals surface area contributed by atoms with Crippen molar-refractivity contribution in [2.24, 2.45) is 5.92 Å². The molecule has 1 aromatic rings. The van der Waals surface area contributed by atoms with Crippen molar-refractivity contribution in [2.45, 2.75) is 31.7 Å². The third kappa shape index (κ3) is 3.55. The Balaban J connectivity index is 1.98. The van der Waals surface area contributed by atoms with E-state index in [1.54, 1.807) is 7.11 Å². The van der Waals surface area contributed by atoms with E-state index in [4.69, 9.17) is 4.74 Å². The second-order valence-electron chi connectivity index (χ2n) is 7.11. The molecule has 0 bridgehead atoms. The molecule has 1 unspecified atom stereocenters. The van der Waals surface area contributed by atoms with Crippen LogP contribution in [0.25, 0.3) is 0 Å². The summed E-state index contributed by atoms with van der Waals surface area (Å²) in [7, 11) is 3.53. The fourth-order valence-electron chi connectivity index (χ4n) is 4.31. The predicted octanol–water partition coefficient (Wildman–Crippen LogP) is 1.60. The molecular weight excluding hydrogens is 328 g/mol. The van der Waals surface area contributed by atoms with Crippen LogP contribution in [0.2, 0.25) is 0 Å². The first-order valence-corrected chi connectivity index (χ1v) is 9.45. The molecule has 2 saturated heterocycles. The first-order valence-electron chi connectivity index (χ1n) is 9.45. The normalized spacial score (nSPS) is 22.9. The lowest BCUT2D eigenvalue weighted by molar-refractivity contribution is -0.136. The zero-order chi connectivity index (χ0) is 18.5. The molecule has 0 aliphatic carbocycles. The van der Waals surface area contributed by atoms with Gasteiger partial charge in [-0.2, -0.15) is 5.26 Å². The van der Waals surface area contributed by atoms with Crippen molar-refractivity contribution >= 4 is 5.91 Å². The number of methoxy groups -OCH3 is 1. The Morgan fingerprint density at radius 1 is 1.35 bits per heavy atom. The zero-order valence-electron chi connectivity index (χ0n) is 15.7. The number of ether oxygens (including phenoxy) is 1. The van der Waals surface area contributed by atoms with Crippen molar-refractivity contribution in [2.75, 3.05) is 40.3 Å². The molecule has 2 aliphatic rings. The van der Waals surface area contributed by atoms with Crippen LogP contribution in [-0.4, -0.2) is 51.1 Å². The second-order valence-corrected chi connectivity index (χ2v) is 7.11. The average molecular weight is 356 g/mol. The van der Waals surface area contributed by atoms with Crippen LogP contribution in [0.4, 0.5) is 0 Å². The van der Waals surface area contributed by atoms with E-state index in [0.717, 1.165) is 42.8 Å². The summed E-state index contributed by atoms with van der Waals surface area (Å²) in [5, 5.41) is 16.2. The predicted molar refractivity (Wildman–Crippen MR) is 100 cm³/mol. The largest absolute Gasteiger partial charge is 0.496 e. The van der Waals surface area contributed by atoms with Crippen LogP contribution >= 0.6 is 0 Å². The van der Waals surface area contributed by atoms with Gasteiger partial charge in [-0.3, -0.25) is 4.79 Å². The summed E-state index contributed by atoms with van der Waals surface area (Å²) in [6.07, 6.45) is 3.38. The SMILES string of the molecule is CNCc1c(OC)ccc(C#N)c1[C@@H]1CNCC1C(=O)N1CCCCC1. The van der Waals surface area contributed by atoms with Crippen molar-refractivity contribution < 1.29 is 9.53 Å². The minimum atomic E-state index is -0.122. The Bertz CT molecular complexity index is 692. The molecular formula is C20H28N4O2. The molecule has 2 atom stereocenters. The van der Waals surface area contributed by atoms with Crippen LogP contribution in [0, 0.1) is 17.2 Å². The maximum absolute atomic E-state index is 13.2. The molecule has 140 valence electrons. The number of nitrogens with zero attached hydrogens (tertiary/aromatic N) is 2. The van der Waals surface area contributed by atoms with Gasteiger partial charge in [-0.15, -0.1) is 0 Å². The van der Waals surface area contributed by atoms with Crippen molar-refractivity contribution in [3.63, 3.8) is 0 Å². The highest BCUT2D eigenvalue weighted by Gasteiger charge is 2.39. The number of carbonyl (C=O) groups is 1. The number of nitriles is 1. The van der Waals surface area contributed by atoms with Gasteiger partial charge in [0.1, 0.15) is 5.75 Å². The second kappa shape index (κ2) is 8.52. The Labute approximate surface area is 155 Å². The van der Waals surface area contributed by atoms with Gasteiger partial charge in [0.05, 0.1) is 24.7 Å². The first-order chi connectivity index (χ1) is 12.7. The quantitative estimate of drug-likeness (QED) is 0.838. The molecule has 26 heavy (non-hydrogen) atoms. The van der Waals surface area contributed by atoms with Crippen molar-refractivity contribution in [3.05, 3.63) is 28.8 Å². The molecule has 2 aliphatic heterocycles. The van der Waals surface area contributed by atoms with Gasteiger partial charge in [0.15, 0.2) is 0 Å². The van der Waals surface area contributed by atoms with Crippen molar-refractivity contribution in [1.82, 2.24) is 15.5 Å². The number of hydrogen-bond acceptors (Lipinski definition) is 5. The monoisotopic (exact) mass is 356 g/mol. The number of likely N-dealkylation sites (tertiary alicyclic amines) is 1. The third-order valence-electron chi connectivity index (χ3n) is 5.58. The van der Waals surface area contributed by atoms with Crippen LogP contribution in [0.5, 0.6) is 5.75 Å². The molecule has 2 N–H and O–H groups in total. The van der Waals surface area contributed by atoms with Gasteiger partial charge in [-0.1, -0.05) is 0 Å². The van der Waals surface area contributed by atoms with Crippen LogP contribution in [0.3, 0.4) is 0 Å². The van der Waals surface area contributed by atoms with E-state index >= 15 is 0 Å². The van der Waals surface area contributed by atoms with Crippen LogP contribution in [-0.2, 0) is 11.3 Å². The van der Waals surface area contributed by atoms with Crippen LogP contribution in [0.1, 0.15) is 41.9 Å². The van der Waals surface area contributed by atoms with E-state index in [1.165, 1.54) is 6.42 Å². The van der Waals surface area contributed by atoms with Gasteiger partial charge in [0.25, 0.3) is 0 Å². The van der Waals surface area contributed by atoms with Crippen molar-refractivity contribution in [1.29, 1.82) is 5.26 Å². The Morgan fingerprint density at radius 2 is 2.12 bits per heavy atom. The van der Waals surface area contributed by atoms with Gasteiger partial charge in [0.2, 0.25) is 5.91 Å². The minimum absolute atomic E-state index is 0.00229. The Morgan fingerprint density at radius 3 is 2.77 bits per heavy atom. The summed E-state index contributed by atoms with van der Waals surface area (Å²) >= 11 is 0. The minimum Gasteiger partial charge on any atom is -0.496 e. The number of hydrogen-bond donors (Lipinski definition) is 2. The molecule has 3 rings (SSSR count). The van der Waals surface area contributed by atoms with E-state index < -0.39 is 0 Å². The molecule has 2 heterocycles. The molecule has 2 fully saturated rings. The molecule has 6 heteroatoms. The zero-order valence-corrected chi connectivity index (χ0v) is 15.7. The van der Waals surface area contributed by atoms with Gasteiger partial charge >= 0.3 is 0 Å². The Kier molecular flexibility index (Phi) is 6.12. The maximum atomic E-state index is 13.2. The summed E-state index contributed by atoms with van der Waals surface area (Å²) in [5.74, 6) is 0.867. The van der Waals surface area contributed by atoms with Gasteiger partial charge < -0.3 is 20.3 Å². The number of benzene rings is 1. The summed E-state index contributed by atoms with van der Waals surface area (Å²) in [5.41, 5.74) is 2.59. The average Bonchev–Trinajstić information content (AvgIpc) is 3.17. The summed E-state index contributed by atoms with van der Waals surface area (Å²) in [6, 6.07) is 5.98. The number of piperidine rings is 1. The lowest BCUT2D eigenvalue weighted by Gasteiger charge is -2.31. The molecule has 0 radical (unpaired) electrons. The van der Waals surface area contributed by atoms with Gasteiger partial charge in [-0.25, -0.2) is 0 Å². The first kappa shape index (κ1) is 18.7. The number of amides is 1. The molecule has 6 nitrogen and oxygen atoms in total. The standard InChI is InChI=1S/C20H28N4O2/c1-22-11-17-18(26-2)7-6-14(10-21)19(17)15-12-23-13-16(15)20(25)24-8-4-3-5-9-24/h6-7,15-16,22-23H,3-5,8-9,11-13H2,1-2H3/t15-,16?/m1/s1. The lowest BCUT2D eigenvalue weighted by atomic mass is 9.82. The molecule has 1 aromatic carbocycles. The molecule has 0 saturated carbocycles.